The van der Waals surface area contributed by atoms with Crippen molar-refractivity contribution >= 4 is 38.7 Å². The van der Waals surface area contributed by atoms with Crippen molar-refractivity contribution in [2.45, 2.75) is 13.5 Å². The van der Waals surface area contributed by atoms with Gasteiger partial charge in [-0.05, 0) is 61.6 Å². The van der Waals surface area contributed by atoms with Crippen LogP contribution in [-0.2, 0) is 16.6 Å². The van der Waals surface area contributed by atoms with Gasteiger partial charge in [-0.2, -0.15) is 4.98 Å². The van der Waals surface area contributed by atoms with Gasteiger partial charge in [0.1, 0.15) is 5.75 Å². The molecule has 0 saturated carbocycles. The van der Waals surface area contributed by atoms with Crippen LogP contribution in [-0.4, -0.2) is 43.6 Å². The smallest absolute Gasteiger partial charge is 0.246 e. The van der Waals surface area contributed by atoms with E-state index in [0.29, 0.717) is 34.8 Å². The van der Waals surface area contributed by atoms with E-state index in [1.807, 2.05) is 31.2 Å². The van der Waals surface area contributed by atoms with Crippen LogP contribution in [0.4, 0.5) is 11.4 Å². The number of benzene rings is 2. The molecule has 3 aromatic rings. The second-order valence-electron chi connectivity index (χ2n) is 6.56. The minimum atomic E-state index is -3.35. The number of thiocarbonyl (C=S) groups is 1. The third-order valence-electron chi connectivity index (χ3n) is 4.26. The molecule has 0 aliphatic heterocycles. The zero-order valence-corrected chi connectivity index (χ0v) is 19.0. The molecule has 0 bridgehead atoms. The zero-order valence-electron chi connectivity index (χ0n) is 17.3. The van der Waals surface area contributed by atoms with Gasteiger partial charge in [0.15, 0.2) is 5.11 Å². The topological polar surface area (TPSA) is 110 Å². The summed E-state index contributed by atoms with van der Waals surface area (Å²) in [5.74, 6) is 1.62. The molecule has 9 nitrogen and oxygen atoms in total. The van der Waals surface area contributed by atoms with Gasteiger partial charge in [0.05, 0.1) is 25.1 Å². The first-order chi connectivity index (χ1) is 14.8. The highest BCUT2D eigenvalue weighted by Gasteiger charge is 2.13. The van der Waals surface area contributed by atoms with Crippen molar-refractivity contribution in [3.63, 3.8) is 0 Å². The maximum absolute atomic E-state index is 11.7. The lowest BCUT2D eigenvalue weighted by atomic mass is 10.2. The Kier molecular flexibility index (Phi) is 7.08. The van der Waals surface area contributed by atoms with Gasteiger partial charge in [-0.25, -0.2) is 8.42 Å². The number of rotatable bonds is 8. The van der Waals surface area contributed by atoms with Gasteiger partial charge in [-0.3, -0.25) is 4.31 Å². The number of ether oxygens (including phenoxy) is 1. The molecular weight excluding hydrogens is 438 g/mol. The Bertz CT molecular complexity index is 1150. The van der Waals surface area contributed by atoms with Gasteiger partial charge in [0.25, 0.3) is 0 Å². The largest absolute Gasteiger partial charge is 0.494 e. The molecule has 0 aliphatic carbocycles. The van der Waals surface area contributed by atoms with E-state index in [1.165, 1.54) is 11.4 Å². The Morgan fingerprint density at radius 1 is 1.23 bits per heavy atom. The van der Waals surface area contributed by atoms with Crippen LogP contribution in [0.3, 0.4) is 0 Å². The predicted molar refractivity (Wildman–Crippen MR) is 124 cm³/mol. The SMILES string of the molecule is CCOc1ccc(-c2noc(CNC(=S)Nc3cccc(N(C)S(C)(=O)=O)c3)n2)cc1. The number of anilines is 2. The van der Waals surface area contributed by atoms with Crippen LogP contribution >= 0.6 is 12.2 Å². The molecule has 0 aliphatic rings. The molecule has 0 radical (unpaired) electrons. The van der Waals surface area contributed by atoms with Crippen molar-refractivity contribution in [3.05, 3.63) is 54.4 Å². The third kappa shape index (κ3) is 6.15. The van der Waals surface area contributed by atoms with Gasteiger partial charge in [0, 0.05) is 18.3 Å². The maximum Gasteiger partial charge on any atom is 0.246 e. The van der Waals surface area contributed by atoms with Crippen LogP contribution < -0.4 is 19.7 Å². The monoisotopic (exact) mass is 461 g/mol. The van der Waals surface area contributed by atoms with E-state index in [1.54, 1.807) is 24.3 Å². The fourth-order valence-electron chi connectivity index (χ4n) is 2.61. The van der Waals surface area contributed by atoms with Crippen molar-refractivity contribution in [2.75, 3.05) is 29.5 Å². The van der Waals surface area contributed by atoms with Crippen molar-refractivity contribution in [2.24, 2.45) is 0 Å². The quantitative estimate of drug-likeness (QED) is 0.489. The van der Waals surface area contributed by atoms with E-state index in [2.05, 4.69) is 20.8 Å². The normalized spacial score (nSPS) is 11.1. The lowest BCUT2D eigenvalue weighted by Crippen LogP contribution is -2.28. The first-order valence-electron chi connectivity index (χ1n) is 9.41. The lowest BCUT2D eigenvalue weighted by Gasteiger charge is -2.18. The van der Waals surface area contributed by atoms with E-state index in [0.717, 1.165) is 17.6 Å². The number of nitrogens with zero attached hydrogens (tertiary/aromatic N) is 3. The summed E-state index contributed by atoms with van der Waals surface area (Å²) in [6.07, 6.45) is 1.14. The van der Waals surface area contributed by atoms with Crippen molar-refractivity contribution in [1.82, 2.24) is 15.5 Å². The predicted octanol–water partition coefficient (Wildman–Crippen LogP) is 3.02. The number of nitrogens with one attached hydrogen (secondary N) is 2. The summed E-state index contributed by atoms with van der Waals surface area (Å²) >= 11 is 5.30. The Balaban J connectivity index is 1.57. The van der Waals surface area contributed by atoms with Crippen molar-refractivity contribution < 1.29 is 17.7 Å². The Hall–Kier alpha value is -3.18. The lowest BCUT2D eigenvalue weighted by molar-refractivity contribution is 0.340. The molecule has 31 heavy (non-hydrogen) atoms. The summed E-state index contributed by atoms with van der Waals surface area (Å²) in [5, 5.41) is 10.3. The van der Waals surface area contributed by atoms with Gasteiger partial charge >= 0.3 is 0 Å². The molecule has 0 saturated heterocycles. The fourth-order valence-corrected chi connectivity index (χ4v) is 3.30. The van der Waals surface area contributed by atoms with Crippen molar-refractivity contribution in [1.29, 1.82) is 0 Å². The average Bonchev–Trinajstić information content (AvgIpc) is 3.21. The number of aromatic nitrogens is 2. The van der Waals surface area contributed by atoms with Crippen molar-refractivity contribution in [3.8, 4) is 17.1 Å². The van der Waals surface area contributed by atoms with Crippen LogP contribution in [0.2, 0.25) is 0 Å². The molecule has 164 valence electrons. The minimum Gasteiger partial charge on any atom is -0.494 e. The summed E-state index contributed by atoms with van der Waals surface area (Å²) in [4.78, 5) is 4.36. The van der Waals surface area contributed by atoms with E-state index in [4.69, 9.17) is 21.5 Å². The first-order valence-corrected chi connectivity index (χ1v) is 11.7. The molecule has 0 fully saturated rings. The highest BCUT2D eigenvalue weighted by molar-refractivity contribution is 7.92. The van der Waals surface area contributed by atoms with Gasteiger partial charge in [-0.15, -0.1) is 0 Å². The fraction of sp³-hybridized carbons (Fsp3) is 0.250. The second kappa shape index (κ2) is 9.75. The third-order valence-corrected chi connectivity index (χ3v) is 5.71. The molecule has 3 rings (SSSR count). The van der Waals surface area contributed by atoms with Crippen LogP contribution in [0.25, 0.3) is 11.4 Å². The standard InChI is InChI=1S/C20H23N5O4S2/c1-4-28-17-10-8-14(9-11-17)19-23-18(29-24-19)13-21-20(30)22-15-6-5-7-16(12-15)25(2)31(3,26)27/h5-12H,4,13H2,1-3H3,(H2,21,22,30). The summed E-state index contributed by atoms with van der Waals surface area (Å²) < 4.78 is 35.3. The van der Waals surface area contributed by atoms with Crippen LogP contribution in [0.15, 0.2) is 53.1 Å². The highest BCUT2D eigenvalue weighted by Crippen LogP contribution is 2.21. The first kappa shape index (κ1) is 22.5. The molecule has 1 heterocycles. The Labute approximate surface area is 186 Å². The molecule has 0 unspecified atom stereocenters. The minimum absolute atomic E-state index is 0.235. The highest BCUT2D eigenvalue weighted by atomic mass is 32.2. The molecule has 1 aromatic heterocycles. The zero-order chi connectivity index (χ0) is 22.4. The summed E-state index contributed by atoms with van der Waals surface area (Å²) in [7, 11) is -1.86. The van der Waals surface area contributed by atoms with Crippen LogP contribution in [0.1, 0.15) is 12.8 Å². The van der Waals surface area contributed by atoms with E-state index in [9.17, 15) is 8.42 Å². The van der Waals surface area contributed by atoms with Crippen LogP contribution in [0, 0.1) is 0 Å². The maximum atomic E-state index is 11.7. The van der Waals surface area contributed by atoms with Gasteiger partial charge in [0.2, 0.25) is 21.7 Å². The molecule has 2 aromatic carbocycles. The van der Waals surface area contributed by atoms with Gasteiger partial charge < -0.3 is 19.9 Å². The molecule has 11 heteroatoms. The molecule has 0 amide bonds. The average molecular weight is 462 g/mol. The number of hydrogen-bond acceptors (Lipinski definition) is 7. The second-order valence-corrected chi connectivity index (χ2v) is 8.98. The Morgan fingerprint density at radius 3 is 2.65 bits per heavy atom. The van der Waals surface area contributed by atoms with Crippen LogP contribution in [0.5, 0.6) is 5.75 Å². The number of hydrogen-bond donors (Lipinski definition) is 2. The molecule has 2 N–H and O–H groups in total. The summed E-state index contributed by atoms with van der Waals surface area (Å²) in [6, 6.07) is 14.3. The van der Waals surface area contributed by atoms with E-state index < -0.39 is 10.0 Å². The summed E-state index contributed by atoms with van der Waals surface area (Å²) in [6.45, 7) is 2.76. The molecule has 0 atom stereocenters. The van der Waals surface area contributed by atoms with E-state index >= 15 is 0 Å². The Morgan fingerprint density at radius 2 is 1.97 bits per heavy atom. The molecule has 0 spiro atoms. The summed E-state index contributed by atoms with van der Waals surface area (Å²) in [5.41, 5.74) is 1.98. The number of sulfonamides is 1. The van der Waals surface area contributed by atoms with E-state index in [-0.39, 0.29) is 6.54 Å². The molecular formula is C20H23N5O4S2. The van der Waals surface area contributed by atoms with Gasteiger partial charge in [-0.1, -0.05) is 11.2 Å².